The molecule has 1 heterocycles. The molecule has 1 aromatic carbocycles. The Bertz CT molecular complexity index is 785. The average molecular weight is 391 g/mol. The van der Waals surface area contributed by atoms with Crippen molar-refractivity contribution in [1.29, 1.82) is 0 Å². The van der Waals surface area contributed by atoms with Crippen molar-refractivity contribution in [2.24, 2.45) is 0 Å². The SMILES string of the molecule is CNC(=O)CCOCCNc1cccc(C(=O)Nc2nc(C)c(C)s2)c1C. The fraction of sp³-hybridized carbons (Fsp3) is 0.421. The topological polar surface area (TPSA) is 92.4 Å². The maximum absolute atomic E-state index is 12.6. The van der Waals surface area contributed by atoms with E-state index < -0.39 is 0 Å². The zero-order chi connectivity index (χ0) is 19.8. The van der Waals surface area contributed by atoms with Crippen LogP contribution in [0.3, 0.4) is 0 Å². The molecule has 1 aromatic heterocycles. The lowest BCUT2D eigenvalue weighted by atomic mass is 10.1. The minimum Gasteiger partial charge on any atom is -0.382 e. The molecule has 0 aliphatic rings. The van der Waals surface area contributed by atoms with Gasteiger partial charge in [0, 0.05) is 36.1 Å². The Labute approximate surface area is 163 Å². The second-order valence-corrected chi connectivity index (χ2v) is 7.26. The van der Waals surface area contributed by atoms with Crippen LogP contribution in [0.1, 0.15) is 32.9 Å². The Balaban J connectivity index is 1.88. The van der Waals surface area contributed by atoms with Crippen molar-refractivity contribution < 1.29 is 14.3 Å². The molecule has 0 fully saturated rings. The van der Waals surface area contributed by atoms with Crippen LogP contribution in [-0.2, 0) is 9.53 Å². The molecule has 2 amide bonds. The molecule has 146 valence electrons. The van der Waals surface area contributed by atoms with Gasteiger partial charge < -0.3 is 15.4 Å². The third-order valence-corrected chi connectivity index (χ3v) is 5.13. The highest BCUT2D eigenvalue weighted by molar-refractivity contribution is 7.15. The largest absolute Gasteiger partial charge is 0.382 e. The van der Waals surface area contributed by atoms with Crippen molar-refractivity contribution in [3.05, 3.63) is 39.9 Å². The Morgan fingerprint density at radius 1 is 1.19 bits per heavy atom. The van der Waals surface area contributed by atoms with Gasteiger partial charge in [-0.1, -0.05) is 6.07 Å². The normalized spacial score (nSPS) is 10.5. The van der Waals surface area contributed by atoms with Gasteiger partial charge in [-0.25, -0.2) is 4.98 Å². The van der Waals surface area contributed by atoms with Crippen molar-refractivity contribution in [2.75, 3.05) is 37.4 Å². The molecule has 0 unspecified atom stereocenters. The van der Waals surface area contributed by atoms with Gasteiger partial charge in [-0.05, 0) is 38.5 Å². The minimum absolute atomic E-state index is 0.0388. The van der Waals surface area contributed by atoms with Crippen LogP contribution >= 0.6 is 11.3 Å². The number of thiazole rings is 1. The molecule has 3 N–H and O–H groups in total. The van der Waals surface area contributed by atoms with E-state index in [-0.39, 0.29) is 11.8 Å². The average Bonchev–Trinajstić information content (AvgIpc) is 2.95. The summed E-state index contributed by atoms with van der Waals surface area (Å²) in [5, 5.41) is 9.30. The van der Waals surface area contributed by atoms with E-state index in [1.165, 1.54) is 11.3 Å². The molecule has 8 heteroatoms. The lowest BCUT2D eigenvalue weighted by molar-refractivity contribution is -0.121. The number of aromatic nitrogens is 1. The second kappa shape index (κ2) is 10.0. The summed E-state index contributed by atoms with van der Waals surface area (Å²) in [6.45, 7) is 7.26. The first-order valence-electron chi connectivity index (χ1n) is 8.79. The van der Waals surface area contributed by atoms with Gasteiger partial charge in [0.25, 0.3) is 5.91 Å². The zero-order valence-corrected chi connectivity index (χ0v) is 17.0. The van der Waals surface area contributed by atoms with E-state index in [2.05, 4.69) is 20.9 Å². The number of aryl methyl sites for hydroxylation is 2. The van der Waals surface area contributed by atoms with E-state index in [0.29, 0.717) is 36.9 Å². The predicted octanol–water partition coefficient (Wildman–Crippen LogP) is 2.89. The van der Waals surface area contributed by atoms with Crippen LogP contribution in [0.2, 0.25) is 0 Å². The number of hydrogen-bond acceptors (Lipinski definition) is 6. The number of rotatable bonds is 9. The quantitative estimate of drug-likeness (QED) is 0.573. The van der Waals surface area contributed by atoms with Gasteiger partial charge in [0.1, 0.15) is 0 Å². The van der Waals surface area contributed by atoms with E-state index in [9.17, 15) is 9.59 Å². The fourth-order valence-electron chi connectivity index (χ4n) is 2.41. The van der Waals surface area contributed by atoms with E-state index in [1.54, 1.807) is 13.1 Å². The monoisotopic (exact) mass is 390 g/mol. The highest BCUT2D eigenvalue weighted by Gasteiger charge is 2.14. The summed E-state index contributed by atoms with van der Waals surface area (Å²) in [4.78, 5) is 29.1. The van der Waals surface area contributed by atoms with Crippen LogP contribution in [-0.4, -0.2) is 43.6 Å². The van der Waals surface area contributed by atoms with E-state index in [0.717, 1.165) is 21.8 Å². The summed E-state index contributed by atoms with van der Waals surface area (Å²) < 4.78 is 5.43. The summed E-state index contributed by atoms with van der Waals surface area (Å²) in [5.74, 6) is -0.213. The summed E-state index contributed by atoms with van der Waals surface area (Å²) in [6.07, 6.45) is 0.348. The molecule has 2 rings (SSSR count). The molecule has 0 aliphatic carbocycles. The lowest BCUT2D eigenvalue weighted by Gasteiger charge is -2.13. The summed E-state index contributed by atoms with van der Waals surface area (Å²) in [7, 11) is 1.60. The fourth-order valence-corrected chi connectivity index (χ4v) is 3.22. The van der Waals surface area contributed by atoms with Crippen LogP contribution < -0.4 is 16.0 Å². The number of anilines is 2. The third-order valence-electron chi connectivity index (χ3n) is 4.14. The first-order valence-corrected chi connectivity index (χ1v) is 9.61. The highest BCUT2D eigenvalue weighted by atomic mass is 32.1. The molecule has 0 radical (unpaired) electrons. The van der Waals surface area contributed by atoms with Gasteiger partial charge in [-0.2, -0.15) is 0 Å². The number of benzene rings is 1. The highest BCUT2D eigenvalue weighted by Crippen LogP contribution is 2.24. The third kappa shape index (κ3) is 6.04. The van der Waals surface area contributed by atoms with E-state index >= 15 is 0 Å². The van der Waals surface area contributed by atoms with Crippen LogP contribution in [0.5, 0.6) is 0 Å². The molecule has 0 atom stereocenters. The van der Waals surface area contributed by atoms with Gasteiger partial charge in [0.15, 0.2) is 5.13 Å². The first kappa shape index (κ1) is 20.9. The van der Waals surface area contributed by atoms with Crippen molar-refractivity contribution in [3.63, 3.8) is 0 Å². The van der Waals surface area contributed by atoms with Gasteiger partial charge in [-0.3, -0.25) is 14.9 Å². The number of amides is 2. The number of nitrogens with one attached hydrogen (secondary N) is 3. The van der Waals surface area contributed by atoms with Crippen molar-refractivity contribution in [1.82, 2.24) is 10.3 Å². The molecular formula is C19H26N4O3S. The molecule has 27 heavy (non-hydrogen) atoms. The van der Waals surface area contributed by atoms with Crippen LogP contribution in [0.15, 0.2) is 18.2 Å². The Morgan fingerprint density at radius 3 is 2.63 bits per heavy atom. The van der Waals surface area contributed by atoms with Gasteiger partial charge >= 0.3 is 0 Å². The van der Waals surface area contributed by atoms with Crippen molar-refractivity contribution in [3.8, 4) is 0 Å². The van der Waals surface area contributed by atoms with Gasteiger partial charge in [0.2, 0.25) is 5.91 Å². The summed E-state index contributed by atoms with van der Waals surface area (Å²) >= 11 is 1.47. The lowest BCUT2D eigenvalue weighted by Crippen LogP contribution is -2.20. The van der Waals surface area contributed by atoms with Gasteiger partial charge in [0.05, 0.1) is 18.9 Å². The molecule has 0 saturated heterocycles. The smallest absolute Gasteiger partial charge is 0.257 e. The van der Waals surface area contributed by atoms with Crippen molar-refractivity contribution >= 4 is 34.0 Å². The molecule has 0 aliphatic heterocycles. The number of ether oxygens (including phenoxy) is 1. The number of hydrogen-bond donors (Lipinski definition) is 3. The van der Waals surface area contributed by atoms with Crippen LogP contribution in [0, 0.1) is 20.8 Å². The zero-order valence-electron chi connectivity index (χ0n) is 16.1. The van der Waals surface area contributed by atoms with E-state index in [1.807, 2.05) is 32.9 Å². The number of carbonyl (C=O) groups is 2. The second-order valence-electron chi connectivity index (χ2n) is 6.06. The summed E-state index contributed by atoms with van der Waals surface area (Å²) in [5.41, 5.74) is 3.28. The van der Waals surface area contributed by atoms with Crippen LogP contribution in [0.25, 0.3) is 0 Å². The maximum Gasteiger partial charge on any atom is 0.257 e. The molecular weight excluding hydrogens is 364 g/mol. The van der Waals surface area contributed by atoms with E-state index in [4.69, 9.17) is 4.74 Å². The van der Waals surface area contributed by atoms with Gasteiger partial charge in [-0.15, -0.1) is 11.3 Å². The minimum atomic E-state index is -0.174. The Hall–Kier alpha value is -2.45. The molecule has 7 nitrogen and oxygen atoms in total. The molecule has 0 saturated carbocycles. The van der Waals surface area contributed by atoms with Crippen LogP contribution in [0.4, 0.5) is 10.8 Å². The summed E-state index contributed by atoms with van der Waals surface area (Å²) in [6, 6.07) is 5.56. The Kier molecular flexibility index (Phi) is 7.75. The molecule has 0 spiro atoms. The first-order chi connectivity index (χ1) is 12.9. The predicted molar refractivity (Wildman–Crippen MR) is 109 cm³/mol. The maximum atomic E-state index is 12.6. The molecule has 0 bridgehead atoms. The molecule has 2 aromatic rings. The number of carbonyl (C=O) groups excluding carboxylic acids is 2. The Morgan fingerprint density at radius 2 is 1.96 bits per heavy atom. The van der Waals surface area contributed by atoms with Crippen molar-refractivity contribution in [2.45, 2.75) is 27.2 Å². The standard InChI is InChI=1S/C19H26N4O3S/c1-12-15(18(25)23-19-22-13(2)14(3)27-19)6-5-7-16(12)21-9-11-26-10-8-17(24)20-4/h5-7,21H,8-11H2,1-4H3,(H,20,24)(H,22,23,25). The number of nitrogens with zero attached hydrogens (tertiary/aromatic N) is 1.